The predicted molar refractivity (Wildman–Crippen MR) is 72.1 cm³/mol. The Kier molecular flexibility index (Phi) is 7.69. The summed E-state index contributed by atoms with van der Waals surface area (Å²) >= 11 is 10.4. The first kappa shape index (κ1) is 18.1. The van der Waals surface area contributed by atoms with Gasteiger partial charge in [-0.1, -0.05) is 51.3 Å². The lowest BCUT2D eigenvalue weighted by atomic mass is 10.1. The van der Waals surface area contributed by atoms with E-state index in [1.165, 1.54) is 19.3 Å². The largest absolute Gasteiger partial charge is 0.426 e. The van der Waals surface area contributed by atoms with Crippen LogP contribution in [0.1, 0.15) is 46.5 Å². The maximum atomic E-state index is 11.9. The lowest BCUT2D eigenvalue weighted by Crippen LogP contribution is -2.07. The van der Waals surface area contributed by atoms with Crippen molar-refractivity contribution in [3.8, 4) is 0 Å². The Morgan fingerprint density at radius 3 is 2.06 bits per heavy atom. The normalized spacial score (nSPS) is 22.2. The van der Waals surface area contributed by atoms with Crippen LogP contribution in [0.2, 0.25) is 0 Å². The van der Waals surface area contributed by atoms with Gasteiger partial charge in [-0.25, -0.2) is 0 Å². The zero-order valence-electron chi connectivity index (χ0n) is 11.1. The fraction of sp³-hybridized carbons (Fsp3) is 0.846. The first-order valence-electron chi connectivity index (χ1n) is 6.15. The van der Waals surface area contributed by atoms with Crippen LogP contribution in [0.15, 0.2) is 11.1 Å². The van der Waals surface area contributed by atoms with E-state index in [0.717, 1.165) is 18.4 Å². The number of alkyl halides is 4. The van der Waals surface area contributed by atoms with Crippen molar-refractivity contribution in [1.82, 2.24) is 0 Å². The molecular formula is C13H21Cl2F3. The molecule has 1 saturated carbocycles. The number of halogens is 5. The molecule has 5 heteroatoms. The number of allylic oxidation sites excluding steroid dienone is 2. The molecule has 0 nitrogen and oxygen atoms in total. The van der Waals surface area contributed by atoms with Gasteiger partial charge in [0.15, 0.2) is 0 Å². The molecule has 1 aliphatic rings. The SMILES string of the molecule is CC1(C)CC1C=C(Cl)C(F)(F)F.CCCCCCl. The average molecular weight is 305 g/mol. The van der Waals surface area contributed by atoms with Crippen LogP contribution >= 0.6 is 23.2 Å². The lowest BCUT2D eigenvalue weighted by Gasteiger charge is -2.04. The van der Waals surface area contributed by atoms with Gasteiger partial charge in [0.05, 0.1) is 0 Å². The molecule has 0 aromatic rings. The van der Waals surface area contributed by atoms with Crippen LogP contribution in [-0.4, -0.2) is 12.1 Å². The Hall–Kier alpha value is 0.110. The standard InChI is InChI=1S/C8H10ClF3.C5H11Cl/c1-7(2)4-5(7)3-6(9)8(10,11)12;1-2-3-4-5-6/h3,5H,4H2,1-2H3;2-5H2,1H3. The number of rotatable bonds is 4. The van der Waals surface area contributed by atoms with E-state index in [4.69, 9.17) is 23.2 Å². The van der Waals surface area contributed by atoms with Crippen molar-refractivity contribution in [2.45, 2.75) is 52.6 Å². The molecule has 1 unspecified atom stereocenters. The molecule has 18 heavy (non-hydrogen) atoms. The van der Waals surface area contributed by atoms with Gasteiger partial charge in [-0.2, -0.15) is 13.2 Å². The van der Waals surface area contributed by atoms with Crippen LogP contribution in [0.3, 0.4) is 0 Å². The second-order valence-corrected chi connectivity index (χ2v) is 5.99. The van der Waals surface area contributed by atoms with Gasteiger partial charge in [-0.3, -0.25) is 0 Å². The summed E-state index contributed by atoms with van der Waals surface area (Å²) in [4.78, 5) is 0. The van der Waals surface area contributed by atoms with Gasteiger partial charge in [0, 0.05) is 5.88 Å². The summed E-state index contributed by atoms with van der Waals surface area (Å²) in [7, 11) is 0. The molecule has 0 aromatic carbocycles. The van der Waals surface area contributed by atoms with E-state index in [1.807, 2.05) is 13.8 Å². The smallest absolute Gasteiger partial charge is 0.165 e. The summed E-state index contributed by atoms with van der Waals surface area (Å²) < 4.78 is 35.7. The van der Waals surface area contributed by atoms with E-state index >= 15 is 0 Å². The summed E-state index contributed by atoms with van der Waals surface area (Å²) in [6, 6.07) is 0. The molecular weight excluding hydrogens is 284 g/mol. The summed E-state index contributed by atoms with van der Waals surface area (Å²) in [6.07, 6.45) is 1.26. The van der Waals surface area contributed by atoms with Crippen LogP contribution in [0.5, 0.6) is 0 Å². The van der Waals surface area contributed by atoms with Gasteiger partial charge in [0.25, 0.3) is 0 Å². The molecule has 1 aliphatic carbocycles. The molecule has 0 spiro atoms. The Morgan fingerprint density at radius 2 is 1.83 bits per heavy atom. The minimum absolute atomic E-state index is 0.00535. The number of unbranched alkanes of at least 4 members (excludes halogenated alkanes) is 2. The van der Waals surface area contributed by atoms with Gasteiger partial charge >= 0.3 is 6.18 Å². The highest BCUT2D eigenvalue weighted by molar-refractivity contribution is 6.30. The van der Waals surface area contributed by atoms with Crippen LogP contribution in [0, 0.1) is 11.3 Å². The van der Waals surface area contributed by atoms with Crippen molar-refractivity contribution in [1.29, 1.82) is 0 Å². The van der Waals surface area contributed by atoms with Crippen LogP contribution in [-0.2, 0) is 0 Å². The number of hydrogen-bond acceptors (Lipinski definition) is 0. The van der Waals surface area contributed by atoms with Crippen molar-refractivity contribution in [3.63, 3.8) is 0 Å². The number of hydrogen-bond donors (Lipinski definition) is 0. The second kappa shape index (κ2) is 7.64. The van der Waals surface area contributed by atoms with Crippen LogP contribution in [0.4, 0.5) is 13.2 Å². The molecule has 1 rings (SSSR count). The van der Waals surface area contributed by atoms with Gasteiger partial charge in [-0.15, -0.1) is 11.6 Å². The predicted octanol–water partition coefficient (Wildman–Crippen LogP) is 6.13. The maximum absolute atomic E-state index is 11.9. The first-order valence-corrected chi connectivity index (χ1v) is 7.07. The van der Waals surface area contributed by atoms with E-state index in [2.05, 4.69) is 6.92 Å². The fourth-order valence-electron chi connectivity index (χ4n) is 1.41. The van der Waals surface area contributed by atoms with E-state index < -0.39 is 11.2 Å². The van der Waals surface area contributed by atoms with E-state index in [0.29, 0.717) is 0 Å². The molecule has 1 atom stereocenters. The summed E-state index contributed by atoms with van der Waals surface area (Å²) in [5.41, 5.74) is 0.00535. The van der Waals surface area contributed by atoms with Crippen molar-refractivity contribution < 1.29 is 13.2 Å². The summed E-state index contributed by atoms with van der Waals surface area (Å²) in [6.45, 7) is 6.02. The highest BCUT2D eigenvalue weighted by Gasteiger charge is 2.46. The molecule has 0 amide bonds. The molecule has 108 valence electrons. The lowest BCUT2D eigenvalue weighted by molar-refractivity contribution is -0.0848. The molecule has 0 saturated heterocycles. The minimum atomic E-state index is -4.37. The van der Waals surface area contributed by atoms with Crippen molar-refractivity contribution in [2.75, 3.05) is 5.88 Å². The molecule has 0 heterocycles. The average Bonchev–Trinajstić information content (AvgIpc) is 2.82. The van der Waals surface area contributed by atoms with Gasteiger partial charge in [0.1, 0.15) is 5.03 Å². The fourth-order valence-corrected chi connectivity index (χ4v) is 1.75. The molecule has 1 fully saturated rings. The van der Waals surface area contributed by atoms with Crippen molar-refractivity contribution >= 4 is 23.2 Å². The molecule has 0 radical (unpaired) electrons. The monoisotopic (exact) mass is 304 g/mol. The Morgan fingerprint density at radius 1 is 1.33 bits per heavy atom. The van der Waals surface area contributed by atoms with Crippen LogP contribution < -0.4 is 0 Å². The molecule has 0 bridgehead atoms. The molecule has 0 aliphatic heterocycles. The maximum Gasteiger partial charge on any atom is 0.426 e. The highest BCUT2D eigenvalue weighted by atomic mass is 35.5. The Bertz CT molecular complexity index is 266. The molecule has 0 aromatic heterocycles. The third-order valence-corrected chi connectivity index (χ3v) is 3.55. The third kappa shape index (κ3) is 7.52. The van der Waals surface area contributed by atoms with Crippen molar-refractivity contribution in [3.05, 3.63) is 11.1 Å². The topological polar surface area (TPSA) is 0 Å². The second-order valence-electron chi connectivity index (χ2n) is 5.21. The minimum Gasteiger partial charge on any atom is -0.165 e. The third-order valence-electron chi connectivity index (χ3n) is 2.95. The zero-order valence-corrected chi connectivity index (χ0v) is 12.6. The van der Waals surface area contributed by atoms with Crippen LogP contribution in [0.25, 0.3) is 0 Å². The van der Waals surface area contributed by atoms with Gasteiger partial charge in [0.2, 0.25) is 0 Å². The van der Waals surface area contributed by atoms with E-state index in [1.54, 1.807) is 0 Å². The molecule has 0 N–H and O–H groups in total. The Balaban J connectivity index is 0.000000411. The quantitative estimate of drug-likeness (QED) is 0.433. The van der Waals surface area contributed by atoms with Crippen molar-refractivity contribution in [2.24, 2.45) is 11.3 Å². The zero-order chi connectivity index (χ0) is 14.4. The highest BCUT2D eigenvalue weighted by Crippen LogP contribution is 2.53. The summed E-state index contributed by atoms with van der Waals surface area (Å²) in [5, 5.41) is -0.988. The van der Waals surface area contributed by atoms with E-state index in [9.17, 15) is 13.2 Å². The van der Waals surface area contributed by atoms with E-state index in [-0.39, 0.29) is 11.3 Å². The Labute approximate surface area is 118 Å². The van der Waals surface area contributed by atoms with Gasteiger partial charge < -0.3 is 0 Å². The summed E-state index contributed by atoms with van der Waals surface area (Å²) in [5.74, 6) is 0.819. The van der Waals surface area contributed by atoms with Gasteiger partial charge in [-0.05, 0) is 24.2 Å². The first-order chi connectivity index (χ1) is 8.15.